The first-order chi connectivity index (χ1) is 11.8. The van der Waals surface area contributed by atoms with E-state index in [1.807, 2.05) is 0 Å². The van der Waals surface area contributed by atoms with Gasteiger partial charge in [-0.05, 0) is 37.4 Å². The molecule has 0 fully saturated rings. The first-order valence-corrected chi connectivity index (χ1v) is 10.1. The number of fused-ring (bicyclic) bond motifs is 1. The molecule has 0 aliphatic heterocycles. The number of benzene rings is 1. The van der Waals surface area contributed by atoms with Crippen LogP contribution in [0.1, 0.15) is 11.4 Å². The molecule has 2 aromatic heterocycles. The van der Waals surface area contributed by atoms with E-state index in [-0.39, 0.29) is 32.1 Å². The van der Waals surface area contributed by atoms with Gasteiger partial charge < -0.3 is 5.11 Å². The first-order valence-electron chi connectivity index (χ1n) is 7.04. The SMILES string of the molecule is CSc1nn2c(C)cc(CO)nc2c1S(=O)(=O)c1ccc(F)c(Cl)c1. The van der Waals surface area contributed by atoms with Crippen molar-refractivity contribution < 1.29 is 17.9 Å². The molecule has 1 aromatic carbocycles. The number of hydrogen-bond donors (Lipinski definition) is 1. The van der Waals surface area contributed by atoms with Crippen LogP contribution in [-0.4, -0.2) is 34.4 Å². The van der Waals surface area contributed by atoms with Crippen LogP contribution in [0.3, 0.4) is 0 Å². The standard InChI is InChI=1S/C15H13ClFN3O3S2/c1-8-5-9(7-21)18-14-13(15(24-2)19-20(8)14)25(22,23)10-3-4-12(17)11(16)6-10/h3-6,21H,7H2,1-2H3. The summed E-state index contributed by atoms with van der Waals surface area (Å²) in [5.41, 5.74) is 1.06. The van der Waals surface area contributed by atoms with E-state index in [0.717, 1.165) is 30.0 Å². The summed E-state index contributed by atoms with van der Waals surface area (Å²) in [6, 6.07) is 4.82. The normalized spacial score (nSPS) is 12.0. The van der Waals surface area contributed by atoms with Crippen LogP contribution in [0.5, 0.6) is 0 Å². The average Bonchev–Trinajstić information content (AvgIpc) is 2.96. The Bertz CT molecular complexity index is 1080. The molecule has 0 aliphatic carbocycles. The van der Waals surface area contributed by atoms with Crippen LogP contribution in [0, 0.1) is 12.7 Å². The third-order valence-corrected chi connectivity index (χ3v) is 6.45. The molecular weight excluding hydrogens is 389 g/mol. The fourth-order valence-corrected chi connectivity index (χ4v) is 5.06. The lowest BCUT2D eigenvalue weighted by atomic mass is 10.3. The van der Waals surface area contributed by atoms with Gasteiger partial charge in [-0.2, -0.15) is 5.10 Å². The maximum atomic E-state index is 13.4. The number of nitrogens with zero attached hydrogens (tertiary/aromatic N) is 3. The van der Waals surface area contributed by atoms with E-state index in [0.29, 0.717) is 11.4 Å². The van der Waals surface area contributed by atoms with Crippen molar-refractivity contribution in [1.29, 1.82) is 0 Å². The fourth-order valence-electron chi connectivity index (χ4n) is 2.40. The smallest absolute Gasteiger partial charge is 0.213 e. The zero-order valence-corrected chi connectivity index (χ0v) is 15.6. The largest absolute Gasteiger partial charge is 0.390 e. The van der Waals surface area contributed by atoms with E-state index in [2.05, 4.69) is 10.1 Å². The van der Waals surface area contributed by atoms with Gasteiger partial charge in [0.2, 0.25) is 9.84 Å². The van der Waals surface area contributed by atoms with Crippen molar-refractivity contribution in [2.24, 2.45) is 0 Å². The van der Waals surface area contributed by atoms with Crippen molar-refractivity contribution in [3.63, 3.8) is 0 Å². The van der Waals surface area contributed by atoms with Crippen molar-refractivity contribution in [2.45, 2.75) is 28.3 Å². The molecule has 2 heterocycles. The number of rotatable bonds is 4. The summed E-state index contributed by atoms with van der Waals surface area (Å²) in [4.78, 5) is 3.95. The summed E-state index contributed by atoms with van der Waals surface area (Å²) in [7, 11) is -4.05. The lowest BCUT2D eigenvalue weighted by Gasteiger charge is -2.06. The molecule has 132 valence electrons. The quantitative estimate of drug-likeness (QED) is 0.534. The van der Waals surface area contributed by atoms with Gasteiger partial charge >= 0.3 is 0 Å². The van der Waals surface area contributed by atoms with Gasteiger partial charge in [-0.1, -0.05) is 11.6 Å². The second-order valence-corrected chi connectivity index (χ2v) is 8.29. The van der Waals surface area contributed by atoms with Gasteiger partial charge in [0, 0.05) is 5.69 Å². The summed E-state index contributed by atoms with van der Waals surface area (Å²) >= 11 is 6.88. The Labute approximate surface area is 152 Å². The van der Waals surface area contributed by atoms with Gasteiger partial charge in [0.25, 0.3) is 0 Å². The highest BCUT2D eigenvalue weighted by atomic mass is 35.5. The number of hydrogen-bond acceptors (Lipinski definition) is 6. The van der Waals surface area contributed by atoms with Gasteiger partial charge in [-0.25, -0.2) is 22.3 Å². The molecule has 3 rings (SSSR count). The molecule has 1 N–H and O–H groups in total. The Balaban J connectivity index is 2.36. The third-order valence-electron chi connectivity index (χ3n) is 3.57. The number of aliphatic hydroxyl groups excluding tert-OH is 1. The van der Waals surface area contributed by atoms with Crippen molar-refractivity contribution >= 4 is 38.8 Å². The molecule has 0 saturated carbocycles. The predicted octanol–water partition coefficient (Wildman–Crippen LogP) is 2.88. The van der Waals surface area contributed by atoms with Crippen molar-refractivity contribution in [3.05, 3.63) is 46.5 Å². The van der Waals surface area contributed by atoms with Crippen molar-refractivity contribution in [1.82, 2.24) is 14.6 Å². The fraction of sp³-hybridized carbons (Fsp3) is 0.200. The Morgan fingerprint density at radius 2 is 2.08 bits per heavy atom. The number of halogens is 2. The van der Waals surface area contributed by atoms with E-state index in [4.69, 9.17) is 11.6 Å². The molecule has 6 nitrogen and oxygen atoms in total. The molecule has 0 amide bonds. The number of aryl methyl sites for hydroxylation is 1. The average molecular weight is 402 g/mol. The molecule has 0 spiro atoms. The topological polar surface area (TPSA) is 84.6 Å². The summed E-state index contributed by atoms with van der Waals surface area (Å²) < 4.78 is 41.0. The number of aromatic nitrogens is 3. The minimum Gasteiger partial charge on any atom is -0.390 e. The summed E-state index contributed by atoms with van der Waals surface area (Å²) in [5.74, 6) is -0.706. The van der Waals surface area contributed by atoms with E-state index >= 15 is 0 Å². The molecule has 0 bridgehead atoms. The molecule has 3 aromatic rings. The van der Waals surface area contributed by atoms with Crippen molar-refractivity contribution in [3.8, 4) is 0 Å². The first kappa shape index (κ1) is 18.1. The second-order valence-electron chi connectivity index (χ2n) is 5.20. The van der Waals surface area contributed by atoms with Crippen LogP contribution >= 0.6 is 23.4 Å². The van der Waals surface area contributed by atoms with Gasteiger partial charge in [-0.15, -0.1) is 11.8 Å². The van der Waals surface area contributed by atoms with E-state index in [1.54, 1.807) is 19.2 Å². The Kier molecular flexibility index (Phi) is 4.76. The molecule has 0 atom stereocenters. The van der Waals surface area contributed by atoms with Crippen LogP contribution in [0.15, 0.2) is 39.1 Å². The van der Waals surface area contributed by atoms with Crippen LogP contribution in [0.25, 0.3) is 5.65 Å². The molecule has 25 heavy (non-hydrogen) atoms. The predicted molar refractivity (Wildman–Crippen MR) is 92.3 cm³/mol. The van der Waals surface area contributed by atoms with Gasteiger partial charge in [-0.3, -0.25) is 0 Å². The minimum atomic E-state index is -4.05. The van der Waals surface area contributed by atoms with Crippen LogP contribution in [0.2, 0.25) is 5.02 Å². The Hall–Kier alpha value is -1.68. The van der Waals surface area contributed by atoms with Gasteiger partial charge in [0.05, 0.1) is 22.2 Å². The lowest BCUT2D eigenvalue weighted by Crippen LogP contribution is -2.06. The maximum Gasteiger partial charge on any atom is 0.213 e. The summed E-state index contributed by atoms with van der Waals surface area (Å²) in [6.07, 6.45) is 1.70. The Morgan fingerprint density at radius 1 is 1.36 bits per heavy atom. The summed E-state index contributed by atoms with van der Waals surface area (Å²) in [6.45, 7) is 1.40. The molecule has 0 aliphatic rings. The van der Waals surface area contributed by atoms with E-state index < -0.39 is 15.7 Å². The lowest BCUT2D eigenvalue weighted by molar-refractivity contribution is 0.277. The minimum absolute atomic E-state index is 0.0962. The monoisotopic (exact) mass is 401 g/mol. The highest BCUT2D eigenvalue weighted by molar-refractivity contribution is 7.99. The highest BCUT2D eigenvalue weighted by Crippen LogP contribution is 2.33. The molecule has 0 radical (unpaired) electrons. The number of aliphatic hydroxyl groups is 1. The Morgan fingerprint density at radius 3 is 2.68 bits per heavy atom. The molecule has 0 saturated heterocycles. The van der Waals surface area contributed by atoms with Gasteiger partial charge in [0.15, 0.2) is 10.5 Å². The van der Waals surface area contributed by atoms with Crippen LogP contribution < -0.4 is 0 Å². The van der Waals surface area contributed by atoms with Crippen LogP contribution in [0.4, 0.5) is 4.39 Å². The van der Waals surface area contributed by atoms with E-state index in [9.17, 15) is 17.9 Å². The highest BCUT2D eigenvalue weighted by Gasteiger charge is 2.29. The number of sulfone groups is 1. The zero-order chi connectivity index (χ0) is 18.4. The molecular formula is C15H13ClFN3O3S2. The van der Waals surface area contributed by atoms with Crippen LogP contribution in [-0.2, 0) is 16.4 Å². The van der Waals surface area contributed by atoms with Crippen molar-refractivity contribution in [2.75, 3.05) is 6.26 Å². The molecule has 10 heteroatoms. The second kappa shape index (κ2) is 6.56. The zero-order valence-electron chi connectivity index (χ0n) is 13.2. The maximum absolute atomic E-state index is 13.4. The molecule has 0 unspecified atom stereocenters. The third kappa shape index (κ3) is 3.01. The number of thioether (sulfide) groups is 1. The van der Waals surface area contributed by atoms with E-state index in [1.165, 1.54) is 4.52 Å². The van der Waals surface area contributed by atoms with Gasteiger partial charge in [0.1, 0.15) is 10.8 Å². The summed E-state index contributed by atoms with van der Waals surface area (Å²) in [5, 5.41) is 13.6.